The summed E-state index contributed by atoms with van der Waals surface area (Å²) >= 11 is 0. The van der Waals surface area contributed by atoms with Gasteiger partial charge in [0.05, 0.1) is 11.0 Å². The van der Waals surface area contributed by atoms with Crippen molar-refractivity contribution in [1.29, 1.82) is 0 Å². The predicted molar refractivity (Wildman–Crippen MR) is 83.2 cm³/mol. The lowest BCUT2D eigenvalue weighted by atomic mass is 10.2. The van der Waals surface area contributed by atoms with Gasteiger partial charge < -0.3 is 4.57 Å². The van der Waals surface area contributed by atoms with E-state index in [2.05, 4.69) is 0 Å². The number of fused-ring (bicyclic) bond motifs is 1. The highest BCUT2D eigenvalue weighted by atomic mass is 16.1. The molecule has 2 aromatic heterocycles. The second-order valence-electron chi connectivity index (χ2n) is 5.38. The number of aryl methyl sites for hydroxylation is 4. The van der Waals surface area contributed by atoms with Gasteiger partial charge in [0, 0.05) is 43.3 Å². The first kappa shape index (κ1) is 13.4. The molecular formula is C16H17N3O2. The molecule has 0 aliphatic heterocycles. The minimum Gasteiger partial charge on any atom is -0.318 e. The molecule has 0 amide bonds. The third kappa shape index (κ3) is 1.93. The van der Waals surface area contributed by atoms with E-state index in [9.17, 15) is 9.59 Å². The van der Waals surface area contributed by atoms with Crippen molar-refractivity contribution in [1.82, 2.24) is 13.7 Å². The molecule has 108 valence electrons. The molecule has 0 radical (unpaired) electrons. The quantitative estimate of drug-likeness (QED) is 0.682. The van der Waals surface area contributed by atoms with E-state index in [1.807, 2.05) is 36.6 Å². The summed E-state index contributed by atoms with van der Waals surface area (Å²) in [6.07, 6.45) is 0. The smallest absolute Gasteiger partial charge is 0.318 e. The van der Waals surface area contributed by atoms with Crippen LogP contribution in [-0.2, 0) is 14.1 Å². The molecule has 0 atom stereocenters. The molecule has 3 aromatic rings. The Balaban J connectivity index is 2.35. The van der Waals surface area contributed by atoms with Crippen molar-refractivity contribution in [2.45, 2.75) is 13.8 Å². The molecule has 0 fully saturated rings. The maximum Gasteiger partial charge on any atom is 0.328 e. The first-order valence-electron chi connectivity index (χ1n) is 6.76. The number of imidazole rings is 1. The molecule has 5 nitrogen and oxygen atoms in total. The summed E-state index contributed by atoms with van der Waals surface area (Å²) < 4.78 is 5.27. The Hall–Kier alpha value is -2.56. The Kier molecular flexibility index (Phi) is 2.86. The standard InChI is InChI=1S/C16H17N3O2/c1-10-7-13(20)8-11(2)19(10)12-5-6-14-15(9-12)18(4)16(21)17(14)3/h5-9H,1-4H3. The first-order chi connectivity index (χ1) is 9.90. The van der Waals surface area contributed by atoms with Gasteiger partial charge in [0.15, 0.2) is 5.43 Å². The number of aromatic nitrogens is 3. The summed E-state index contributed by atoms with van der Waals surface area (Å²) in [5.41, 5.74) is 4.42. The van der Waals surface area contributed by atoms with Gasteiger partial charge in [-0.2, -0.15) is 0 Å². The van der Waals surface area contributed by atoms with Gasteiger partial charge in [0.25, 0.3) is 0 Å². The Morgan fingerprint density at radius 2 is 1.38 bits per heavy atom. The van der Waals surface area contributed by atoms with E-state index in [1.54, 1.807) is 35.4 Å². The van der Waals surface area contributed by atoms with Crippen molar-refractivity contribution in [3.8, 4) is 5.69 Å². The minimum atomic E-state index is -0.0458. The highest BCUT2D eigenvalue weighted by molar-refractivity contribution is 5.78. The monoisotopic (exact) mass is 283 g/mol. The molecule has 0 aliphatic rings. The van der Waals surface area contributed by atoms with Crippen LogP contribution in [0.5, 0.6) is 0 Å². The third-order valence-electron chi connectivity index (χ3n) is 3.92. The van der Waals surface area contributed by atoms with Gasteiger partial charge in [-0.15, -0.1) is 0 Å². The molecule has 0 N–H and O–H groups in total. The lowest BCUT2D eigenvalue weighted by Gasteiger charge is -2.14. The number of rotatable bonds is 1. The number of nitrogens with zero attached hydrogens (tertiary/aromatic N) is 3. The van der Waals surface area contributed by atoms with Crippen LogP contribution in [0.2, 0.25) is 0 Å². The molecule has 5 heteroatoms. The SMILES string of the molecule is Cc1cc(=O)cc(C)n1-c1ccc2c(c1)n(C)c(=O)n2C. The van der Waals surface area contributed by atoms with E-state index in [0.29, 0.717) is 0 Å². The average Bonchev–Trinajstić information content (AvgIpc) is 2.63. The topological polar surface area (TPSA) is 48.9 Å². The summed E-state index contributed by atoms with van der Waals surface area (Å²) in [4.78, 5) is 23.5. The van der Waals surface area contributed by atoms with E-state index in [-0.39, 0.29) is 11.1 Å². The van der Waals surface area contributed by atoms with Gasteiger partial charge in [-0.05, 0) is 32.0 Å². The van der Waals surface area contributed by atoms with Crippen LogP contribution in [-0.4, -0.2) is 13.7 Å². The van der Waals surface area contributed by atoms with Gasteiger partial charge in [0.1, 0.15) is 0 Å². The molecule has 0 saturated heterocycles. The fourth-order valence-corrected chi connectivity index (χ4v) is 2.90. The van der Waals surface area contributed by atoms with Crippen LogP contribution in [0.15, 0.2) is 39.9 Å². The molecule has 0 aliphatic carbocycles. The Bertz CT molecular complexity index is 947. The van der Waals surface area contributed by atoms with Crippen LogP contribution in [0.25, 0.3) is 16.7 Å². The fraction of sp³-hybridized carbons (Fsp3) is 0.250. The highest BCUT2D eigenvalue weighted by Crippen LogP contribution is 2.19. The van der Waals surface area contributed by atoms with Crippen molar-refractivity contribution in [2.24, 2.45) is 14.1 Å². The molecule has 0 unspecified atom stereocenters. The van der Waals surface area contributed by atoms with Gasteiger partial charge >= 0.3 is 5.69 Å². The Labute approximate surface area is 121 Å². The van der Waals surface area contributed by atoms with Crippen molar-refractivity contribution in [3.05, 3.63) is 62.4 Å². The molecule has 3 rings (SSSR count). The minimum absolute atomic E-state index is 0.00874. The summed E-state index contributed by atoms with van der Waals surface area (Å²) in [7, 11) is 3.53. The number of benzene rings is 1. The molecule has 0 spiro atoms. The van der Waals surface area contributed by atoms with Crippen LogP contribution in [0.4, 0.5) is 0 Å². The zero-order valence-corrected chi connectivity index (χ0v) is 12.5. The predicted octanol–water partition coefficient (Wildman–Crippen LogP) is 1.64. The van der Waals surface area contributed by atoms with Gasteiger partial charge in [-0.1, -0.05) is 0 Å². The van der Waals surface area contributed by atoms with E-state index >= 15 is 0 Å². The summed E-state index contributed by atoms with van der Waals surface area (Å²) in [5, 5.41) is 0. The van der Waals surface area contributed by atoms with E-state index in [1.165, 1.54) is 0 Å². The lowest BCUT2D eigenvalue weighted by Crippen LogP contribution is -2.19. The number of hydrogen-bond donors (Lipinski definition) is 0. The molecule has 0 saturated carbocycles. The third-order valence-corrected chi connectivity index (χ3v) is 3.92. The Morgan fingerprint density at radius 1 is 0.810 bits per heavy atom. The lowest BCUT2D eigenvalue weighted by molar-refractivity contribution is 0.795. The second kappa shape index (κ2) is 4.48. The summed E-state index contributed by atoms with van der Waals surface area (Å²) in [6, 6.07) is 9.10. The zero-order valence-electron chi connectivity index (χ0n) is 12.5. The van der Waals surface area contributed by atoms with Crippen LogP contribution in [0.3, 0.4) is 0 Å². The normalized spacial score (nSPS) is 11.2. The first-order valence-corrected chi connectivity index (χ1v) is 6.76. The zero-order chi connectivity index (χ0) is 15.3. The fourth-order valence-electron chi connectivity index (χ4n) is 2.90. The van der Waals surface area contributed by atoms with Gasteiger partial charge in [-0.3, -0.25) is 13.9 Å². The van der Waals surface area contributed by atoms with Gasteiger partial charge in [0.2, 0.25) is 0 Å². The van der Waals surface area contributed by atoms with Crippen molar-refractivity contribution >= 4 is 11.0 Å². The number of pyridine rings is 1. The van der Waals surface area contributed by atoms with E-state index < -0.39 is 0 Å². The van der Waals surface area contributed by atoms with Crippen LogP contribution >= 0.6 is 0 Å². The number of hydrogen-bond acceptors (Lipinski definition) is 2. The van der Waals surface area contributed by atoms with Crippen molar-refractivity contribution in [2.75, 3.05) is 0 Å². The van der Waals surface area contributed by atoms with Crippen LogP contribution in [0.1, 0.15) is 11.4 Å². The highest BCUT2D eigenvalue weighted by Gasteiger charge is 2.10. The average molecular weight is 283 g/mol. The summed E-state index contributed by atoms with van der Waals surface area (Å²) in [6.45, 7) is 3.81. The van der Waals surface area contributed by atoms with Crippen molar-refractivity contribution < 1.29 is 0 Å². The van der Waals surface area contributed by atoms with Crippen LogP contribution in [0, 0.1) is 13.8 Å². The van der Waals surface area contributed by atoms with Crippen LogP contribution < -0.4 is 11.1 Å². The second-order valence-corrected chi connectivity index (χ2v) is 5.38. The molecule has 1 aromatic carbocycles. The Morgan fingerprint density at radius 3 is 2.00 bits per heavy atom. The van der Waals surface area contributed by atoms with Crippen molar-refractivity contribution in [3.63, 3.8) is 0 Å². The maximum atomic E-state index is 12.0. The largest absolute Gasteiger partial charge is 0.328 e. The summed E-state index contributed by atoms with van der Waals surface area (Å²) in [5.74, 6) is 0. The van der Waals surface area contributed by atoms with E-state index in [0.717, 1.165) is 28.1 Å². The molecular weight excluding hydrogens is 266 g/mol. The molecule has 2 heterocycles. The maximum absolute atomic E-state index is 12.0. The molecule has 21 heavy (non-hydrogen) atoms. The van der Waals surface area contributed by atoms with Gasteiger partial charge in [-0.25, -0.2) is 4.79 Å². The molecule has 0 bridgehead atoms. The van der Waals surface area contributed by atoms with E-state index in [4.69, 9.17) is 0 Å².